The van der Waals surface area contributed by atoms with Crippen molar-refractivity contribution in [1.82, 2.24) is 0 Å². The second-order valence-electron chi connectivity index (χ2n) is 3.46. The molecule has 0 unspecified atom stereocenters. The lowest BCUT2D eigenvalue weighted by molar-refractivity contribution is -0.123. The van der Waals surface area contributed by atoms with E-state index in [2.05, 4.69) is 0 Å². The molecule has 2 nitrogen and oxygen atoms in total. The topological polar surface area (TPSA) is 26.3 Å². The fourth-order valence-electron chi connectivity index (χ4n) is 0.930. The molecule has 4 heteroatoms. The summed E-state index contributed by atoms with van der Waals surface area (Å²) in [5, 5.41) is 0.832. The number of rotatable bonds is 4. The molecule has 1 aromatic rings. The van der Waals surface area contributed by atoms with Crippen molar-refractivity contribution in [3.63, 3.8) is 0 Å². The molecule has 0 saturated heterocycles. The van der Waals surface area contributed by atoms with Crippen molar-refractivity contribution in [2.24, 2.45) is 5.92 Å². The summed E-state index contributed by atoms with van der Waals surface area (Å²) in [7, 11) is 0. The number of carbonyl (C=O) groups is 1. The van der Waals surface area contributed by atoms with Crippen LogP contribution in [-0.2, 0) is 4.79 Å². The fourth-order valence-corrected chi connectivity index (χ4v) is 1.44. The highest BCUT2D eigenvalue weighted by molar-refractivity contribution is 6.37. The van der Waals surface area contributed by atoms with Gasteiger partial charge >= 0.3 is 0 Å². The summed E-state index contributed by atoms with van der Waals surface area (Å²) >= 11 is 11.7. The monoisotopic (exact) mass is 246 g/mol. The van der Waals surface area contributed by atoms with Crippen LogP contribution in [0, 0.1) is 5.92 Å². The van der Waals surface area contributed by atoms with Crippen LogP contribution in [0.1, 0.15) is 13.8 Å². The second-order valence-corrected chi connectivity index (χ2v) is 4.27. The highest BCUT2D eigenvalue weighted by atomic mass is 35.5. The Balaban J connectivity index is 2.69. The first-order valence-electron chi connectivity index (χ1n) is 4.62. The summed E-state index contributed by atoms with van der Waals surface area (Å²) in [4.78, 5) is 11.3. The van der Waals surface area contributed by atoms with E-state index >= 15 is 0 Å². The highest BCUT2D eigenvalue weighted by Crippen LogP contribution is 2.32. The first kappa shape index (κ1) is 12.3. The summed E-state index contributed by atoms with van der Waals surface area (Å²) in [5.74, 6) is 0.340. The van der Waals surface area contributed by atoms with Gasteiger partial charge in [-0.15, -0.1) is 0 Å². The van der Waals surface area contributed by atoms with E-state index in [9.17, 15) is 4.79 Å². The molecular weight excluding hydrogens is 235 g/mol. The lowest BCUT2D eigenvalue weighted by Crippen LogP contribution is -2.17. The molecule has 0 aliphatic heterocycles. The van der Waals surface area contributed by atoms with Crippen LogP contribution < -0.4 is 4.74 Å². The van der Waals surface area contributed by atoms with Crippen molar-refractivity contribution in [3.8, 4) is 5.75 Å². The molecule has 82 valence electrons. The Labute approximate surface area is 99.1 Å². The zero-order chi connectivity index (χ0) is 11.4. The van der Waals surface area contributed by atoms with Gasteiger partial charge in [-0.1, -0.05) is 43.1 Å². The minimum atomic E-state index is -0.0498. The van der Waals surface area contributed by atoms with E-state index in [0.29, 0.717) is 15.8 Å². The van der Waals surface area contributed by atoms with Crippen LogP contribution in [0.25, 0.3) is 0 Å². The fraction of sp³-hybridized carbons (Fsp3) is 0.364. The lowest BCUT2D eigenvalue weighted by atomic mass is 10.1. The number of hydrogen-bond donors (Lipinski definition) is 0. The van der Waals surface area contributed by atoms with E-state index in [0.717, 1.165) is 0 Å². The molecule has 0 fully saturated rings. The van der Waals surface area contributed by atoms with E-state index in [4.69, 9.17) is 27.9 Å². The van der Waals surface area contributed by atoms with Crippen LogP contribution in [-0.4, -0.2) is 12.4 Å². The summed E-state index contributed by atoms with van der Waals surface area (Å²) < 4.78 is 5.28. The molecular formula is C11H12Cl2O2. The van der Waals surface area contributed by atoms with Crippen molar-refractivity contribution >= 4 is 29.0 Å². The number of Topliss-reactive ketones (excluding diaryl/α,β-unsaturated/α-hetero) is 1. The van der Waals surface area contributed by atoms with Gasteiger partial charge in [0.1, 0.15) is 6.61 Å². The standard InChI is InChI=1S/C11H12Cl2O2/c1-7(2)10(14)6-15-11-8(12)4-3-5-9(11)13/h3-5,7H,6H2,1-2H3. The molecule has 0 aliphatic carbocycles. The van der Waals surface area contributed by atoms with E-state index < -0.39 is 0 Å². The van der Waals surface area contributed by atoms with Gasteiger partial charge in [-0.3, -0.25) is 4.79 Å². The Morgan fingerprint density at radius 3 is 2.33 bits per heavy atom. The Hall–Kier alpha value is -0.730. The van der Waals surface area contributed by atoms with Crippen LogP contribution in [0.15, 0.2) is 18.2 Å². The molecule has 0 saturated carbocycles. The molecule has 0 spiro atoms. The SMILES string of the molecule is CC(C)C(=O)COc1c(Cl)cccc1Cl. The van der Waals surface area contributed by atoms with Gasteiger partial charge in [0, 0.05) is 5.92 Å². The number of benzene rings is 1. The average Bonchev–Trinajstić information content (AvgIpc) is 2.16. The Morgan fingerprint density at radius 2 is 1.87 bits per heavy atom. The molecule has 15 heavy (non-hydrogen) atoms. The van der Waals surface area contributed by atoms with Crippen LogP contribution in [0.2, 0.25) is 10.0 Å². The zero-order valence-corrected chi connectivity index (χ0v) is 10.1. The number of carbonyl (C=O) groups excluding carboxylic acids is 1. The Bertz CT molecular complexity index is 341. The van der Waals surface area contributed by atoms with Gasteiger partial charge in [-0.05, 0) is 12.1 Å². The molecule has 0 amide bonds. The van der Waals surface area contributed by atoms with Crippen LogP contribution in [0.4, 0.5) is 0 Å². The molecule has 1 aromatic carbocycles. The van der Waals surface area contributed by atoms with Crippen LogP contribution >= 0.6 is 23.2 Å². The van der Waals surface area contributed by atoms with Crippen molar-refractivity contribution in [3.05, 3.63) is 28.2 Å². The summed E-state index contributed by atoms with van der Waals surface area (Å²) in [6, 6.07) is 5.06. The van der Waals surface area contributed by atoms with Crippen molar-refractivity contribution in [2.75, 3.05) is 6.61 Å². The van der Waals surface area contributed by atoms with Gasteiger partial charge in [0.25, 0.3) is 0 Å². The maximum absolute atomic E-state index is 11.3. The largest absolute Gasteiger partial charge is 0.483 e. The zero-order valence-electron chi connectivity index (χ0n) is 8.59. The maximum Gasteiger partial charge on any atom is 0.172 e. The van der Waals surface area contributed by atoms with Crippen molar-refractivity contribution in [1.29, 1.82) is 0 Å². The van der Waals surface area contributed by atoms with Gasteiger partial charge in [0.15, 0.2) is 11.5 Å². The van der Waals surface area contributed by atoms with Gasteiger partial charge < -0.3 is 4.74 Å². The third-order valence-electron chi connectivity index (χ3n) is 1.92. The first-order valence-corrected chi connectivity index (χ1v) is 5.37. The second kappa shape index (κ2) is 5.38. The molecule has 0 aliphatic rings. The molecule has 0 N–H and O–H groups in total. The van der Waals surface area contributed by atoms with Gasteiger partial charge in [-0.25, -0.2) is 0 Å². The van der Waals surface area contributed by atoms with Gasteiger partial charge in [0.05, 0.1) is 10.0 Å². The normalized spacial score (nSPS) is 10.5. The average molecular weight is 247 g/mol. The Morgan fingerprint density at radius 1 is 1.33 bits per heavy atom. The molecule has 1 rings (SSSR count). The van der Waals surface area contributed by atoms with E-state index in [1.807, 2.05) is 13.8 Å². The molecule has 0 radical (unpaired) electrons. The minimum Gasteiger partial charge on any atom is -0.483 e. The van der Waals surface area contributed by atoms with Gasteiger partial charge in [0.2, 0.25) is 0 Å². The molecule has 0 bridgehead atoms. The minimum absolute atomic E-state index is 0.00111. The summed E-state index contributed by atoms with van der Waals surface area (Å²) in [6.07, 6.45) is 0. The number of ether oxygens (including phenoxy) is 1. The number of para-hydroxylation sites is 1. The molecule has 0 atom stereocenters. The van der Waals surface area contributed by atoms with Gasteiger partial charge in [-0.2, -0.15) is 0 Å². The predicted octanol–water partition coefficient (Wildman–Crippen LogP) is 3.60. The molecule has 0 aromatic heterocycles. The van der Waals surface area contributed by atoms with Crippen molar-refractivity contribution in [2.45, 2.75) is 13.8 Å². The third kappa shape index (κ3) is 3.40. The lowest BCUT2D eigenvalue weighted by Gasteiger charge is -2.10. The first-order chi connectivity index (χ1) is 7.02. The summed E-state index contributed by atoms with van der Waals surface area (Å²) in [5.41, 5.74) is 0. The van der Waals surface area contributed by atoms with E-state index in [-0.39, 0.29) is 18.3 Å². The summed E-state index contributed by atoms with van der Waals surface area (Å²) in [6.45, 7) is 3.64. The predicted molar refractivity (Wildman–Crippen MR) is 61.8 cm³/mol. The van der Waals surface area contributed by atoms with Crippen molar-refractivity contribution < 1.29 is 9.53 Å². The molecule has 0 heterocycles. The Kier molecular flexibility index (Phi) is 4.43. The number of hydrogen-bond acceptors (Lipinski definition) is 2. The van der Waals surface area contributed by atoms with E-state index in [1.54, 1.807) is 18.2 Å². The highest BCUT2D eigenvalue weighted by Gasteiger charge is 2.11. The third-order valence-corrected chi connectivity index (χ3v) is 2.52. The quantitative estimate of drug-likeness (QED) is 0.812. The van der Waals surface area contributed by atoms with Crippen LogP contribution in [0.3, 0.4) is 0 Å². The van der Waals surface area contributed by atoms with E-state index in [1.165, 1.54) is 0 Å². The smallest absolute Gasteiger partial charge is 0.172 e. The number of ketones is 1. The van der Waals surface area contributed by atoms with Crippen LogP contribution in [0.5, 0.6) is 5.75 Å². The maximum atomic E-state index is 11.3. The number of halogens is 2.